The lowest BCUT2D eigenvalue weighted by Crippen LogP contribution is -2.45. The van der Waals surface area contributed by atoms with Crippen LogP contribution in [0.4, 0.5) is 0 Å². The van der Waals surface area contributed by atoms with Crippen LogP contribution >= 0.6 is 11.8 Å². The Labute approximate surface area is 215 Å². The highest BCUT2D eigenvalue weighted by atomic mass is 32.2. The van der Waals surface area contributed by atoms with Crippen molar-refractivity contribution in [2.45, 2.75) is 31.7 Å². The lowest BCUT2D eigenvalue weighted by molar-refractivity contribution is -0.135. The van der Waals surface area contributed by atoms with Crippen LogP contribution < -0.4 is 0 Å². The molecule has 36 heavy (non-hydrogen) atoms. The van der Waals surface area contributed by atoms with Gasteiger partial charge in [0.2, 0.25) is 5.91 Å². The number of pyridine rings is 1. The number of aryl methyl sites for hydroxylation is 1. The number of aromatic nitrogens is 4. The van der Waals surface area contributed by atoms with Gasteiger partial charge in [0, 0.05) is 36.1 Å². The summed E-state index contributed by atoms with van der Waals surface area (Å²) in [7, 11) is 0. The van der Waals surface area contributed by atoms with Gasteiger partial charge in [0.25, 0.3) is 0 Å². The van der Waals surface area contributed by atoms with Gasteiger partial charge < -0.3 is 9.64 Å². The van der Waals surface area contributed by atoms with E-state index < -0.39 is 0 Å². The molecule has 184 valence electrons. The molecule has 1 saturated heterocycles. The molecule has 1 unspecified atom stereocenters. The number of carbonyl (C=O) groups is 1. The fourth-order valence-corrected chi connectivity index (χ4v) is 5.23. The predicted molar refractivity (Wildman–Crippen MR) is 144 cm³/mol. The van der Waals surface area contributed by atoms with E-state index in [0.29, 0.717) is 37.2 Å². The Balaban J connectivity index is 1.50. The number of benzene rings is 2. The van der Waals surface area contributed by atoms with Gasteiger partial charge in [-0.05, 0) is 26.0 Å². The van der Waals surface area contributed by atoms with E-state index in [2.05, 4.69) is 60.1 Å². The molecule has 0 N–H and O–H groups in total. The lowest BCUT2D eigenvalue weighted by atomic mass is 10.0. The maximum absolute atomic E-state index is 12.8. The van der Waals surface area contributed by atoms with Crippen molar-refractivity contribution in [2.24, 2.45) is 0 Å². The molecule has 0 bridgehead atoms. The van der Waals surface area contributed by atoms with Crippen molar-refractivity contribution in [3.63, 3.8) is 0 Å². The number of nitrogens with zero attached hydrogens (tertiary/aromatic N) is 5. The summed E-state index contributed by atoms with van der Waals surface area (Å²) in [5.41, 5.74) is 4.97. The summed E-state index contributed by atoms with van der Waals surface area (Å²) >= 11 is 1.41. The van der Waals surface area contributed by atoms with E-state index in [9.17, 15) is 4.79 Å². The molecular weight excluding hydrogens is 470 g/mol. The average molecular weight is 500 g/mol. The summed E-state index contributed by atoms with van der Waals surface area (Å²) in [6, 6.07) is 18.5. The normalized spacial score (nSPS) is 15.8. The predicted octanol–water partition coefficient (Wildman–Crippen LogP) is 4.99. The molecule has 2 aromatic heterocycles. The molecule has 1 aliphatic heterocycles. The Bertz CT molecular complexity index is 1400. The Hall–Kier alpha value is -3.49. The van der Waals surface area contributed by atoms with E-state index in [1.54, 1.807) is 0 Å². The Morgan fingerprint density at radius 2 is 2.00 bits per heavy atom. The third-order valence-corrected chi connectivity index (χ3v) is 7.20. The van der Waals surface area contributed by atoms with Crippen molar-refractivity contribution >= 4 is 28.6 Å². The molecule has 3 heterocycles. The minimum Gasteiger partial charge on any atom is -0.375 e. The molecule has 5 rings (SSSR count). The van der Waals surface area contributed by atoms with Crippen LogP contribution in [0.15, 0.2) is 72.4 Å². The quantitative estimate of drug-likeness (QED) is 0.263. The minimum atomic E-state index is 0.0615. The van der Waals surface area contributed by atoms with Crippen molar-refractivity contribution < 1.29 is 9.53 Å². The zero-order valence-electron chi connectivity index (χ0n) is 20.6. The van der Waals surface area contributed by atoms with Gasteiger partial charge in [0.15, 0.2) is 11.0 Å². The number of fused-ring (bicyclic) bond motifs is 1. The largest absolute Gasteiger partial charge is 0.375 e. The first-order chi connectivity index (χ1) is 17.5. The SMILES string of the molecule is C=CCn1c(SCC(=O)N2CCOC(C)C2)nnc1-c1cc(-c2ccc(C)cc2)nc2ccccc12. The van der Waals surface area contributed by atoms with Crippen LogP contribution in [0.2, 0.25) is 0 Å². The van der Waals surface area contributed by atoms with E-state index in [1.165, 1.54) is 17.3 Å². The first kappa shape index (κ1) is 24.2. The molecule has 1 atom stereocenters. The Morgan fingerprint density at radius 1 is 1.19 bits per heavy atom. The maximum Gasteiger partial charge on any atom is 0.233 e. The Morgan fingerprint density at radius 3 is 2.78 bits per heavy atom. The van der Waals surface area contributed by atoms with Crippen LogP contribution in [-0.2, 0) is 16.1 Å². The van der Waals surface area contributed by atoms with Gasteiger partial charge in [0.1, 0.15) is 0 Å². The van der Waals surface area contributed by atoms with Gasteiger partial charge in [0.05, 0.1) is 29.7 Å². The maximum atomic E-state index is 12.8. The summed E-state index contributed by atoms with van der Waals surface area (Å²) in [5, 5.41) is 10.7. The molecule has 0 radical (unpaired) electrons. The van der Waals surface area contributed by atoms with Crippen LogP contribution in [0.25, 0.3) is 33.5 Å². The van der Waals surface area contributed by atoms with Crippen molar-refractivity contribution in [1.82, 2.24) is 24.6 Å². The fraction of sp³-hybridized carbons (Fsp3) is 0.286. The summed E-state index contributed by atoms with van der Waals surface area (Å²) in [5.74, 6) is 1.12. The highest BCUT2D eigenvalue weighted by molar-refractivity contribution is 7.99. The molecule has 7 nitrogen and oxygen atoms in total. The number of hydrogen-bond acceptors (Lipinski definition) is 6. The van der Waals surface area contributed by atoms with Crippen molar-refractivity contribution in [2.75, 3.05) is 25.4 Å². The number of hydrogen-bond donors (Lipinski definition) is 0. The number of rotatable bonds is 7. The first-order valence-corrected chi connectivity index (χ1v) is 13.1. The van der Waals surface area contributed by atoms with Gasteiger partial charge in [-0.15, -0.1) is 16.8 Å². The number of ether oxygens (including phenoxy) is 1. The standard InChI is InChI=1S/C28H29N5O2S/c1-4-13-33-27(30-31-28(33)36-18-26(34)32-14-15-35-20(3)17-32)23-16-25(21-11-9-19(2)10-12-21)29-24-8-6-5-7-22(23)24/h4-12,16,20H,1,13-15,17-18H2,2-3H3. The molecule has 1 fully saturated rings. The summed E-state index contributed by atoms with van der Waals surface area (Å²) in [6.45, 7) is 10.4. The summed E-state index contributed by atoms with van der Waals surface area (Å²) in [4.78, 5) is 19.6. The van der Waals surface area contributed by atoms with E-state index in [4.69, 9.17) is 9.72 Å². The number of carbonyl (C=O) groups excluding carboxylic acids is 1. The highest BCUT2D eigenvalue weighted by Gasteiger charge is 2.23. The zero-order valence-corrected chi connectivity index (χ0v) is 21.4. The molecule has 8 heteroatoms. The van der Waals surface area contributed by atoms with E-state index in [-0.39, 0.29) is 12.0 Å². The summed E-state index contributed by atoms with van der Waals surface area (Å²) < 4.78 is 7.58. The monoisotopic (exact) mass is 499 g/mol. The molecule has 0 saturated carbocycles. The first-order valence-electron chi connectivity index (χ1n) is 12.1. The topological polar surface area (TPSA) is 73.1 Å². The van der Waals surface area contributed by atoms with Crippen molar-refractivity contribution in [3.8, 4) is 22.6 Å². The molecular formula is C28H29N5O2S. The number of allylic oxidation sites excluding steroid dienone is 1. The number of morpholine rings is 1. The van der Waals surface area contributed by atoms with E-state index in [0.717, 1.165) is 33.5 Å². The third-order valence-electron chi connectivity index (χ3n) is 6.25. The molecule has 2 aromatic carbocycles. The van der Waals surface area contributed by atoms with Gasteiger partial charge in [-0.3, -0.25) is 9.36 Å². The van der Waals surface area contributed by atoms with Crippen LogP contribution in [0, 0.1) is 6.92 Å². The molecule has 0 aliphatic carbocycles. The minimum absolute atomic E-state index is 0.0615. The van der Waals surface area contributed by atoms with Crippen LogP contribution in [0.3, 0.4) is 0 Å². The second-order valence-electron chi connectivity index (χ2n) is 8.95. The second-order valence-corrected chi connectivity index (χ2v) is 9.90. The number of amides is 1. The smallest absolute Gasteiger partial charge is 0.233 e. The van der Waals surface area contributed by atoms with Gasteiger partial charge >= 0.3 is 0 Å². The van der Waals surface area contributed by atoms with Crippen molar-refractivity contribution in [3.05, 3.63) is 72.8 Å². The third kappa shape index (κ3) is 5.05. The Kier molecular flexibility index (Phi) is 7.16. The van der Waals surface area contributed by atoms with Crippen LogP contribution in [0.1, 0.15) is 12.5 Å². The molecule has 4 aromatic rings. The van der Waals surface area contributed by atoms with Gasteiger partial charge in [-0.25, -0.2) is 4.98 Å². The lowest BCUT2D eigenvalue weighted by Gasteiger charge is -2.31. The van der Waals surface area contributed by atoms with E-state index in [1.807, 2.05) is 40.7 Å². The fourth-order valence-electron chi connectivity index (χ4n) is 4.38. The van der Waals surface area contributed by atoms with Crippen LogP contribution in [0.5, 0.6) is 0 Å². The number of para-hydroxylation sites is 1. The molecule has 1 aliphatic rings. The van der Waals surface area contributed by atoms with Crippen LogP contribution in [-0.4, -0.2) is 62.1 Å². The summed E-state index contributed by atoms with van der Waals surface area (Å²) in [6.07, 6.45) is 1.89. The van der Waals surface area contributed by atoms with Gasteiger partial charge in [-0.2, -0.15) is 0 Å². The average Bonchev–Trinajstić information content (AvgIpc) is 3.29. The molecule has 0 spiro atoms. The van der Waals surface area contributed by atoms with Gasteiger partial charge in [-0.1, -0.05) is 65.9 Å². The number of thioether (sulfide) groups is 1. The zero-order chi connectivity index (χ0) is 25.1. The highest BCUT2D eigenvalue weighted by Crippen LogP contribution is 2.33. The van der Waals surface area contributed by atoms with E-state index >= 15 is 0 Å². The molecule has 1 amide bonds. The second kappa shape index (κ2) is 10.6. The van der Waals surface area contributed by atoms with Crippen molar-refractivity contribution in [1.29, 1.82) is 0 Å².